The zero-order valence-electron chi connectivity index (χ0n) is 29.3. The van der Waals surface area contributed by atoms with Gasteiger partial charge in [0, 0.05) is 27.8 Å². The zero-order valence-corrected chi connectivity index (χ0v) is 29.3. The molecule has 2 aliphatic rings. The lowest BCUT2D eigenvalue weighted by molar-refractivity contribution is 0.436. The van der Waals surface area contributed by atoms with Crippen molar-refractivity contribution >= 4 is 10.8 Å². The summed E-state index contributed by atoms with van der Waals surface area (Å²) in [5, 5.41) is 2.34. The summed E-state index contributed by atoms with van der Waals surface area (Å²) in [6.07, 6.45) is 0. The van der Waals surface area contributed by atoms with Gasteiger partial charge in [0.05, 0.1) is 16.8 Å². The van der Waals surface area contributed by atoms with E-state index in [-0.39, 0.29) is 0 Å². The Bertz CT molecular complexity index is 2880. The Labute approximate surface area is 313 Å². The van der Waals surface area contributed by atoms with Gasteiger partial charge in [-0.2, -0.15) is 0 Å². The highest BCUT2D eigenvalue weighted by Crippen LogP contribution is 2.62. The van der Waals surface area contributed by atoms with Gasteiger partial charge in [-0.3, -0.25) is 0 Å². The second-order valence-electron chi connectivity index (χ2n) is 14.1. The normalized spacial score (nSPS) is 13.1. The molecule has 0 bridgehead atoms. The van der Waals surface area contributed by atoms with E-state index in [0.29, 0.717) is 5.82 Å². The first-order chi connectivity index (χ1) is 26.8. The lowest BCUT2D eigenvalue weighted by Crippen LogP contribution is -2.32. The number of rotatable bonds is 4. The van der Waals surface area contributed by atoms with Crippen molar-refractivity contribution < 1.29 is 4.74 Å². The second-order valence-corrected chi connectivity index (χ2v) is 14.1. The predicted molar refractivity (Wildman–Crippen MR) is 219 cm³/mol. The molecule has 0 saturated carbocycles. The summed E-state index contributed by atoms with van der Waals surface area (Å²) in [5.41, 5.74) is 13.8. The fourth-order valence-electron chi connectivity index (χ4n) is 8.87. The van der Waals surface area contributed by atoms with Crippen molar-refractivity contribution in [3.8, 4) is 67.7 Å². The Hall–Kier alpha value is -7.10. The highest BCUT2D eigenvalue weighted by atomic mass is 16.5. The van der Waals surface area contributed by atoms with Gasteiger partial charge in [0.25, 0.3) is 0 Å². The van der Waals surface area contributed by atoms with E-state index in [0.717, 1.165) is 67.2 Å². The number of nitrogens with zero attached hydrogens (tertiary/aromatic N) is 2. The van der Waals surface area contributed by atoms with Crippen molar-refractivity contribution in [3.05, 3.63) is 216 Å². The number of para-hydroxylation sites is 1. The fourth-order valence-corrected chi connectivity index (χ4v) is 8.87. The maximum Gasteiger partial charge on any atom is 0.161 e. The van der Waals surface area contributed by atoms with Crippen LogP contribution in [0.3, 0.4) is 0 Å². The number of aromatic nitrogens is 2. The second kappa shape index (κ2) is 12.0. The van der Waals surface area contributed by atoms with Gasteiger partial charge in [0.15, 0.2) is 5.82 Å². The summed E-state index contributed by atoms with van der Waals surface area (Å²) in [6, 6.07) is 68.8. The van der Waals surface area contributed by atoms with E-state index in [1.54, 1.807) is 0 Å². The number of fused-ring (bicyclic) bond motifs is 10. The molecule has 9 aromatic rings. The Balaban J connectivity index is 1.15. The van der Waals surface area contributed by atoms with E-state index in [2.05, 4.69) is 188 Å². The molecular formula is C51H32N2O. The number of ether oxygens (including phenoxy) is 1. The van der Waals surface area contributed by atoms with Crippen LogP contribution in [0.2, 0.25) is 0 Å². The summed E-state index contributed by atoms with van der Waals surface area (Å²) in [5.74, 6) is 2.43. The third kappa shape index (κ3) is 4.49. The van der Waals surface area contributed by atoms with Crippen molar-refractivity contribution in [1.29, 1.82) is 0 Å². The molecular weight excluding hydrogens is 657 g/mol. The van der Waals surface area contributed by atoms with Crippen molar-refractivity contribution in [2.75, 3.05) is 0 Å². The van der Waals surface area contributed by atoms with Crippen LogP contribution in [0.1, 0.15) is 22.3 Å². The van der Waals surface area contributed by atoms with Gasteiger partial charge >= 0.3 is 0 Å². The quantitative estimate of drug-likeness (QED) is 0.185. The van der Waals surface area contributed by atoms with Crippen LogP contribution in [0.25, 0.3) is 66.9 Å². The van der Waals surface area contributed by atoms with Gasteiger partial charge in [-0.05, 0) is 68.4 Å². The van der Waals surface area contributed by atoms with E-state index in [9.17, 15) is 0 Å². The molecule has 11 rings (SSSR count). The van der Waals surface area contributed by atoms with E-state index >= 15 is 0 Å². The first-order valence-electron chi connectivity index (χ1n) is 18.4. The number of benzene rings is 8. The van der Waals surface area contributed by atoms with Crippen molar-refractivity contribution in [2.24, 2.45) is 0 Å². The molecule has 3 heteroatoms. The third-order valence-corrected chi connectivity index (χ3v) is 11.2. The van der Waals surface area contributed by atoms with E-state index < -0.39 is 5.41 Å². The maximum atomic E-state index is 6.74. The number of hydrogen-bond acceptors (Lipinski definition) is 3. The Morgan fingerprint density at radius 3 is 1.72 bits per heavy atom. The Morgan fingerprint density at radius 2 is 0.926 bits per heavy atom. The van der Waals surface area contributed by atoms with Gasteiger partial charge in [-0.1, -0.05) is 170 Å². The van der Waals surface area contributed by atoms with Crippen molar-refractivity contribution in [2.45, 2.75) is 5.41 Å². The largest absolute Gasteiger partial charge is 0.457 e. The van der Waals surface area contributed by atoms with Crippen LogP contribution in [-0.4, -0.2) is 9.97 Å². The monoisotopic (exact) mass is 688 g/mol. The van der Waals surface area contributed by atoms with Crippen LogP contribution < -0.4 is 4.74 Å². The van der Waals surface area contributed by atoms with Crippen molar-refractivity contribution in [1.82, 2.24) is 9.97 Å². The Morgan fingerprint density at radius 1 is 0.352 bits per heavy atom. The van der Waals surface area contributed by atoms with E-state index in [4.69, 9.17) is 14.7 Å². The van der Waals surface area contributed by atoms with Crippen LogP contribution in [0.5, 0.6) is 11.5 Å². The van der Waals surface area contributed by atoms with Crippen LogP contribution >= 0.6 is 0 Å². The maximum absolute atomic E-state index is 6.74. The predicted octanol–water partition coefficient (Wildman–Crippen LogP) is 12.8. The molecule has 54 heavy (non-hydrogen) atoms. The minimum Gasteiger partial charge on any atom is -0.457 e. The third-order valence-electron chi connectivity index (χ3n) is 11.2. The molecule has 0 fully saturated rings. The topological polar surface area (TPSA) is 35.0 Å². The van der Waals surface area contributed by atoms with Gasteiger partial charge < -0.3 is 4.74 Å². The van der Waals surface area contributed by atoms with Gasteiger partial charge in [0.1, 0.15) is 11.5 Å². The SMILES string of the molecule is c1ccc(-c2cc(-c3cccc4ccccc34)nc(-c3ccccc3-c3ccc4c(c3)C3(c5ccccc5O4)c4ccccc4-c4ccccc43)n2)cc1. The molecule has 0 amide bonds. The first-order valence-corrected chi connectivity index (χ1v) is 18.4. The highest BCUT2D eigenvalue weighted by Gasteiger charge is 2.51. The smallest absolute Gasteiger partial charge is 0.161 e. The standard InChI is InChI=1S/C51H32N2O/c1-2-16-34(17-3-1)46-32-47(40-24-14-18-33-15-4-5-19-36(33)40)53-50(52-46)41-23-7-6-20-37(41)35-29-30-49-45(31-35)51(44-27-12-13-28-48(44)54-49)42-25-10-8-21-38(42)39-22-9-11-26-43(39)51/h1-32H. The molecule has 8 aromatic carbocycles. The minimum absolute atomic E-state index is 0.548. The highest BCUT2D eigenvalue weighted by molar-refractivity contribution is 5.97. The summed E-state index contributed by atoms with van der Waals surface area (Å²) in [4.78, 5) is 10.6. The van der Waals surface area contributed by atoms with E-state index in [1.165, 1.54) is 27.6 Å². The summed E-state index contributed by atoms with van der Waals surface area (Å²) in [7, 11) is 0. The average Bonchev–Trinajstić information content (AvgIpc) is 3.54. The lowest BCUT2D eigenvalue weighted by Gasteiger charge is -2.39. The average molecular weight is 689 g/mol. The van der Waals surface area contributed by atoms with Gasteiger partial charge in [-0.15, -0.1) is 0 Å². The molecule has 0 unspecified atom stereocenters. The summed E-state index contributed by atoms with van der Waals surface area (Å²) in [6.45, 7) is 0. The molecule has 3 nitrogen and oxygen atoms in total. The fraction of sp³-hybridized carbons (Fsp3) is 0.0196. The van der Waals surface area contributed by atoms with Gasteiger partial charge in [0.2, 0.25) is 0 Å². The molecule has 252 valence electrons. The molecule has 0 atom stereocenters. The molecule has 2 heterocycles. The van der Waals surface area contributed by atoms with Crippen LogP contribution in [0, 0.1) is 0 Å². The van der Waals surface area contributed by atoms with Crippen LogP contribution in [0.15, 0.2) is 194 Å². The molecule has 0 N–H and O–H groups in total. The zero-order chi connectivity index (χ0) is 35.6. The lowest BCUT2D eigenvalue weighted by atomic mass is 9.65. The minimum atomic E-state index is -0.548. The van der Waals surface area contributed by atoms with Crippen LogP contribution in [-0.2, 0) is 5.41 Å². The molecule has 1 aliphatic carbocycles. The summed E-state index contributed by atoms with van der Waals surface area (Å²) < 4.78 is 6.74. The molecule has 1 spiro atoms. The number of hydrogen-bond donors (Lipinski definition) is 0. The molecule has 0 saturated heterocycles. The van der Waals surface area contributed by atoms with Crippen LogP contribution in [0.4, 0.5) is 0 Å². The Kier molecular flexibility index (Phi) is 6.77. The molecule has 0 radical (unpaired) electrons. The van der Waals surface area contributed by atoms with Crippen molar-refractivity contribution in [3.63, 3.8) is 0 Å². The molecule has 1 aromatic heterocycles. The van der Waals surface area contributed by atoms with E-state index in [1.807, 2.05) is 6.07 Å². The molecule has 1 aliphatic heterocycles. The van der Waals surface area contributed by atoms with Gasteiger partial charge in [-0.25, -0.2) is 9.97 Å². The summed E-state index contributed by atoms with van der Waals surface area (Å²) >= 11 is 0. The first kappa shape index (κ1) is 30.5.